The van der Waals surface area contributed by atoms with Crippen molar-refractivity contribution in [3.8, 4) is 5.75 Å². The van der Waals surface area contributed by atoms with Gasteiger partial charge in [-0.15, -0.1) is 0 Å². The molecular weight excluding hydrogens is 249 g/mol. The summed E-state index contributed by atoms with van der Waals surface area (Å²) in [6.07, 6.45) is 0. The Morgan fingerprint density at radius 2 is 2.17 bits per heavy atom. The molecule has 18 heavy (non-hydrogen) atoms. The van der Waals surface area contributed by atoms with Gasteiger partial charge in [-0.25, -0.2) is 4.39 Å². The van der Waals surface area contributed by atoms with Crippen LogP contribution in [0.5, 0.6) is 5.75 Å². The summed E-state index contributed by atoms with van der Waals surface area (Å²) >= 11 is 1.82. The molecule has 1 N–H and O–H groups in total. The molecule has 2 nitrogen and oxygen atoms in total. The van der Waals surface area contributed by atoms with E-state index >= 15 is 0 Å². The van der Waals surface area contributed by atoms with Crippen LogP contribution in [0.4, 0.5) is 4.39 Å². The maximum atomic E-state index is 13.9. The van der Waals surface area contributed by atoms with E-state index in [1.54, 1.807) is 6.07 Å². The van der Waals surface area contributed by atoms with E-state index in [4.69, 9.17) is 4.74 Å². The second-order valence-electron chi connectivity index (χ2n) is 4.01. The summed E-state index contributed by atoms with van der Waals surface area (Å²) in [5.74, 6) is 2.42. The van der Waals surface area contributed by atoms with Crippen LogP contribution >= 0.6 is 11.8 Å². The smallest absolute Gasteiger partial charge is 0.131 e. The van der Waals surface area contributed by atoms with Crippen molar-refractivity contribution in [2.75, 3.05) is 24.7 Å². The van der Waals surface area contributed by atoms with E-state index in [0.717, 1.165) is 18.1 Å². The first kappa shape index (κ1) is 15.3. The molecule has 0 fully saturated rings. The molecule has 1 unspecified atom stereocenters. The van der Waals surface area contributed by atoms with E-state index in [2.05, 4.69) is 12.2 Å². The zero-order valence-electron chi connectivity index (χ0n) is 11.3. The third-order valence-electron chi connectivity index (χ3n) is 2.65. The van der Waals surface area contributed by atoms with Crippen LogP contribution in [0.25, 0.3) is 0 Å². The predicted molar refractivity (Wildman–Crippen MR) is 77.0 cm³/mol. The van der Waals surface area contributed by atoms with Gasteiger partial charge < -0.3 is 10.1 Å². The van der Waals surface area contributed by atoms with Crippen LogP contribution in [0.1, 0.15) is 32.4 Å². The van der Waals surface area contributed by atoms with Crippen LogP contribution in [0.15, 0.2) is 18.2 Å². The highest BCUT2D eigenvalue weighted by Crippen LogP contribution is 2.22. The Morgan fingerprint density at radius 1 is 1.39 bits per heavy atom. The Hall–Kier alpha value is -0.740. The molecule has 4 heteroatoms. The van der Waals surface area contributed by atoms with Gasteiger partial charge >= 0.3 is 0 Å². The highest BCUT2D eigenvalue weighted by Gasteiger charge is 2.10. The van der Waals surface area contributed by atoms with Gasteiger partial charge in [0.2, 0.25) is 0 Å². The predicted octanol–water partition coefficient (Wildman–Crippen LogP) is 3.63. The van der Waals surface area contributed by atoms with Gasteiger partial charge in [-0.3, -0.25) is 0 Å². The average Bonchev–Trinajstić information content (AvgIpc) is 2.35. The molecule has 1 aromatic rings. The molecule has 0 bridgehead atoms. The zero-order valence-corrected chi connectivity index (χ0v) is 12.1. The first-order valence-corrected chi connectivity index (χ1v) is 7.57. The number of halogens is 1. The summed E-state index contributed by atoms with van der Waals surface area (Å²) in [6.45, 7) is 7.53. The van der Waals surface area contributed by atoms with Crippen molar-refractivity contribution in [3.05, 3.63) is 29.6 Å². The highest BCUT2D eigenvalue weighted by molar-refractivity contribution is 7.99. The van der Waals surface area contributed by atoms with Crippen molar-refractivity contribution in [3.63, 3.8) is 0 Å². The molecular formula is C14H22FNOS. The highest BCUT2D eigenvalue weighted by atomic mass is 32.2. The fraction of sp³-hybridized carbons (Fsp3) is 0.571. The molecule has 0 radical (unpaired) electrons. The third-order valence-corrected chi connectivity index (χ3v) is 3.51. The Bertz CT molecular complexity index is 360. The van der Waals surface area contributed by atoms with Gasteiger partial charge in [0.15, 0.2) is 0 Å². The number of benzene rings is 1. The molecule has 0 amide bonds. The normalized spacial score (nSPS) is 12.4. The minimum Gasteiger partial charge on any atom is -0.493 e. The lowest BCUT2D eigenvalue weighted by Gasteiger charge is -2.14. The Morgan fingerprint density at radius 3 is 2.78 bits per heavy atom. The van der Waals surface area contributed by atoms with Gasteiger partial charge in [-0.1, -0.05) is 19.9 Å². The van der Waals surface area contributed by atoms with Crippen LogP contribution in [-0.4, -0.2) is 24.7 Å². The van der Waals surface area contributed by atoms with Crippen molar-refractivity contribution in [2.45, 2.75) is 26.8 Å². The summed E-state index contributed by atoms with van der Waals surface area (Å²) in [4.78, 5) is 0. The van der Waals surface area contributed by atoms with Gasteiger partial charge in [-0.05, 0) is 25.3 Å². The molecule has 1 aromatic carbocycles. The van der Waals surface area contributed by atoms with Gasteiger partial charge in [-0.2, -0.15) is 11.8 Å². The number of thioether (sulfide) groups is 1. The van der Waals surface area contributed by atoms with E-state index in [9.17, 15) is 4.39 Å². The first-order chi connectivity index (χ1) is 8.69. The standard InChI is InChI=1S/C14H22FNOS/c1-4-16-11(3)13-7-6-12(10-14(13)15)17-8-9-18-5-2/h6-7,10-11,16H,4-5,8-9H2,1-3H3. The monoisotopic (exact) mass is 271 g/mol. The fourth-order valence-electron chi connectivity index (χ4n) is 1.73. The lowest BCUT2D eigenvalue weighted by atomic mass is 10.1. The van der Waals surface area contributed by atoms with Crippen LogP contribution in [0, 0.1) is 5.82 Å². The maximum Gasteiger partial charge on any atom is 0.131 e. The molecule has 0 spiro atoms. The first-order valence-electron chi connectivity index (χ1n) is 6.42. The van der Waals surface area contributed by atoms with E-state index in [1.807, 2.05) is 31.7 Å². The summed E-state index contributed by atoms with van der Waals surface area (Å²) < 4.78 is 19.4. The quantitative estimate of drug-likeness (QED) is 0.730. The van der Waals surface area contributed by atoms with Gasteiger partial charge in [0, 0.05) is 23.4 Å². The van der Waals surface area contributed by atoms with E-state index in [-0.39, 0.29) is 11.9 Å². The Labute approximate surface area is 113 Å². The SMILES string of the molecule is CCNC(C)c1ccc(OCCSCC)cc1F. The molecule has 0 aliphatic carbocycles. The summed E-state index contributed by atoms with van der Waals surface area (Å²) in [6, 6.07) is 5.13. The number of hydrogen-bond donors (Lipinski definition) is 1. The van der Waals surface area contributed by atoms with Crippen molar-refractivity contribution in [2.24, 2.45) is 0 Å². The summed E-state index contributed by atoms with van der Waals surface area (Å²) in [7, 11) is 0. The molecule has 1 rings (SSSR count). The topological polar surface area (TPSA) is 21.3 Å². The van der Waals surface area contributed by atoms with Crippen LogP contribution < -0.4 is 10.1 Å². The van der Waals surface area contributed by atoms with E-state index in [1.165, 1.54) is 6.07 Å². The molecule has 0 aromatic heterocycles. The third kappa shape index (κ3) is 4.86. The van der Waals surface area contributed by atoms with Crippen LogP contribution in [0.3, 0.4) is 0 Å². The van der Waals surface area contributed by atoms with Crippen molar-refractivity contribution < 1.29 is 9.13 Å². The number of hydrogen-bond acceptors (Lipinski definition) is 3. The molecule has 102 valence electrons. The lowest BCUT2D eigenvalue weighted by Crippen LogP contribution is -2.18. The average molecular weight is 271 g/mol. The molecule has 0 saturated carbocycles. The molecule has 1 atom stereocenters. The molecule has 0 aliphatic heterocycles. The van der Waals surface area contributed by atoms with Gasteiger partial charge in [0.05, 0.1) is 6.61 Å². The Kier molecular flexibility index (Phi) is 7.13. The second kappa shape index (κ2) is 8.38. The fourth-order valence-corrected chi connectivity index (χ4v) is 2.22. The molecule has 0 saturated heterocycles. The van der Waals surface area contributed by atoms with Crippen LogP contribution in [-0.2, 0) is 0 Å². The largest absolute Gasteiger partial charge is 0.493 e. The van der Waals surface area contributed by atoms with Crippen LogP contribution in [0.2, 0.25) is 0 Å². The van der Waals surface area contributed by atoms with Crippen molar-refractivity contribution >= 4 is 11.8 Å². The van der Waals surface area contributed by atoms with E-state index < -0.39 is 0 Å². The summed E-state index contributed by atoms with van der Waals surface area (Å²) in [5, 5.41) is 3.20. The number of ether oxygens (including phenoxy) is 1. The minimum absolute atomic E-state index is 0.0275. The number of rotatable bonds is 8. The second-order valence-corrected chi connectivity index (χ2v) is 5.40. The minimum atomic E-state index is -0.205. The summed E-state index contributed by atoms with van der Waals surface area (Å²) in [5.41, 5.74) is 0.687. The van der Waals surface area contributed by atoms with Gasteiger partial charge in [0.1, 0.15) is 11.6 Å². The van der Waals surface area contributed by atoms with Gasteiger partial charge in [0.25, 0.3) is 0 Å². The Balaban J connectivity index is 2.56. The molecule has 0 aliphatic rings. The maximum absolute atomic E-state index is 13.9. The lowest BCUT2D eigenvalue weighted by molar-refractivity contribution is 0.341. The van der Waals surface area contributed by atoms with E-state index in [0.29, 0.717) is 17.9 Å². The zero-order chi connectivity index (χ0) is 13.4. The van der Waals surface area contributed by atoms with Crippen molar-refractivity contribution in [1.82, 2.24) is 5.32 Å². The number of nitrogens with one attached hydrogen (secondary N) is 1. The molecule has 0 heterocycles. The van der Waals surface area contributed by atoms with Crippen molar-refractivity contribution in [1.29, 1.82) is 0 Å².